The first-order valence-corrected chi connectivity index (χ1v) is 11.4. The van der Waals surface area contributed by atoms with Crippen molar-refractivity contribution in [3.8, 4) is 0 Å². The molecule has 2 heterocycles. The Kier molecular flexibility index (Phi) is 9.42. The number of ether oxygens (including phenoxy) is 1. The Hall–Kier alpha value is -3.90. The van der Waals surface area contributed by atoms with Gasteiger partial charge in [0.15, 0.2) is 0 Å². The molecule has 0 spiro atoms. The Morgan fingerprint density at radius 3 is 2.56 bits per heavy atom. The summed E-state index contributed by atoms with van der Waals surface area (Å²) in [6, 6.07) is 9.73. The molecule has 1 fully saturated rings. The summed E-state index contributed by atoms with van der Waals surface area (Å²) in [5.41, 5.74) is 0.108. The molecule has 0 aliphatic carbocycles. The van der Waals surface area contributed by atoms with Gasteiger partial charge in [-0.2, -0.15) is 0 Å². The first kappa shape index (κ1) is 26.7. The van der Waals surface area contributed by atoms with Gasteiger partial charge in [0, 0.05) is 19.3 Å². The van der Waals surface area contributed by atoms with Crippen LogP contribution >= 0.6 is 11.6 Å². The van der Waals surface area contributed by atoms with Crippen LogP contribution in [0.15, 0.2) is 48.7 Å². The molecular weight excluding hydrogens is 494 g/mol. The van der Waals surface area contributed by atoms with Gasteiger partial charge in [0.25, 0.3) is 5.91 Å². The minimum Gasteiger partial charge on any atom is -0.480 e. The van der Waals surface area contributed by atoms with Crippen LogP contribution < -0.4 is 16.0 Å². The number of carboxylic acid groups (broad SMARTS) is 2. The molecule has 2 aromatic rings. The maximum atomic E-state index is 12.3. The highest BCUT2D eigenvalue weighted by atomic mass is 35.5. The van der Waals surface area contributed by atoms with E-state index in [2.05, 4.69) is 20.9 Å². The number of aliphatic carboxylic acids is 1. The largest absolute Gasteiger partial charge is 0.480 e. The van der Waals surface area contributed by atoms with Crippen LogP contribution in [0.2, 0.25) is 5.02 Å². The number of benzene rings is 1. The highest BCUT2D eigenvalue weighted by molar-refractivity contribution is 6.33. The Morgan fingerprint density at radius 1 is 1.14 bits per heavy atom. The SMILES string of the molecule is O=C(COC1CC(CNc2ccccn2)N(C(=O)O)C1)NCC(NC(=O)c1ccccc1Cl)C(=O)O. The molecule has 5 N–H and O–H groups in total. The van der Waals surface area contributed by atoms with Gasteiger partial charge in [0.2, 0.25) is 5.91 Å². The highest BCUT2D eigenvalue weighted by Gasteiger charge is 2.36. The van der Waals surface area contributed by atoms with Gasteiger partial charge < -0.3 is 35.8 Å². The van der Waals surface area contributed by atoms with Gasteiger partial charge in [-0.1, -0.05) is 29.8 Å². The first-order chi connectivity index (χ1) is 17.2. The quantitative estimate of drug-likeness (QED) is 0.293. The van der Waals surface area contributed by atoms with E-state index in [1.165, 1.54) is 17.0 Å². The molecule has 3 rings (SSSR count). The minimum absolute atomic E-state index is 0.0861. The Morgan fingerprint density at radius 2 is 1.89 bits per heavy atom. The smallest absolute Gasteiger partial charge is 0.407 e. The molecule has 3 amide bonds. The van der Waals surface area contributed by atoms with E-state index in [9.17, 15) is 29.4 Å². The molecule has 0 radical (unpaired) electrons. The fraction of sp³-hybridized carbons (Fsp3) is 0.348. The van der Waals surface area contributed by atoms with Crippen LogP contribution in [0, 0.1) is 0 Å². The lowest BCUT2D eigenvalue weighted by Gasteiger charge is -2.21. The molecule has 1 aliphatic rings. The zero-order valence-electron chi connectivity index (χ0n) is 19.1. The van der Waals surface area contributed by atoms with E-state index in [0.717, 1.165) is 0 Å². The number of likely N-dealkylation sites (tertiary alicyclic amines) is 1. The molecule has 3 unspecified atom stereocenters. The fourth-order valence-corrected chi connectivity index (χ4v) is 3.88. The molecule has 3 atom stereocenters. The van der Waals surface area contributed by atoms with Crippen LogP contribution in [-0.4, -0.2) is 88.4 Å². The molecule has 0 bridgehead atoms. The van der Waals surface area contributed by atoms with Crippen molar-refractivity contribution in [1.29, 1.82) is 0 Å². The maximum absolute atomic E-state index is 12.3. The summed E-state index contributed by atoms with van der Waals surface area (Å²) < 4.78 is 5.57. The molecule has 36 heavy (non-hydrogen) atoms. The molecule has 1 aromatic heterocycles. The number of hydrogen-bond acceptors (Lipinski definition) is 7. The van der Waals surface area contributed by atoms with Crippen molar-refractivity contribution < 1.29 is 34.1 Å². The lowest BCUT2D eigenvalue weighted by Crippen LogP contribution is -2.49. The Labute approximate surface area is 211 Å². The third kappa shape index (κ3) is 7.55. The summed E-state index contributed by atoms with van der Waals surface area (Å²) in [4.78, 5) is 53.1. The van der Waals surface area contributed by atoms with E-state index in [1.807, 2.05) is 0 Å². The number of nitrogens with zero attached hydrogens (tertiary/aromatic N) is 2. The summed E-state index contributed by atoms with van der Waals surface area (Å²) in [7, 11) is 0. The number of nitrogens with one attached hydrogen (secondary N) is 3. The van der Waals surface area contributed by atoms with Gasteiger partial charge in [0.1, 0.15) is 18.5 Å². The van der Waals surface area contributed by atoms with Gasteiger partial charge in [-0.25, -0.2) is 14.6 Å². The number of carbonyl (C=O) groups is 4. The van der Waals surface area contributed by atoms with Crippen LogP contribution in [0.4, 0.5) is 10.6 Å². The van der Waals surface area contributed by atoms with Crippen LogP contribution in [0.3, 0.4) is 0 Å². The third-order valence-corrected chi connectivity index (χ3v) is 5.81. The van der Waals surface area contributed by atoms with E-state index in [0.29, 0.717) is 18.8 Å². The average Bonchev–Trinajstić information content (AvgIpc) is 3.28. The predicted molar refractivity (Wildman–Crippen MR) is 129 cm³/mol. The van der Waals surface area contributed by atoms with Crippen LogP contribution in [0.25, 0.3) is 0 Å². The second kappa shape index (κ2) is 12.7. The van der Waals surface area contributed by atoms with Crippen molar-refractivity contribution in [3.63, 3.8) is 0 Å². The van der Waals surface area contributed by atoms with Gasteiger partial charge in [-0.3, -0.25) is 9.59 Å². The van der Waals surface area contributed by atoms with Crippen molar-refractivity contribution in [1.82, 2.24) is 20.5 Å². The minimum atomic E-state index is -1.39. The summed E-state index contributed by atoms with van der Waals surface area (Å²) in [6.45, 7) is -0.372. The van der Waals surface area contributed by atoms with Crippen LogP contribution in [-0.2, 0) is 14.3 Å². The summed E-state index contributed by atoms with van der Waals surface area (Å²) in [5.74, 6) is -2.03. The molecule has 1 aromatic carbocycles. The van der Waals surface area contributed by atoms with Gasteiger partial charge in [0.05, 0.1) is 29.3 Å². The Balaban J connectivity index is 1.45. The number of carbonyl (C=O) groups excluding carboxylic acids is 2. The topological polar surface area (TPSA) is 170 Å². The van der Waals surface area contributed by atoms with Crippen molar-refractivity contribution >= 4 is 41.3 Å². The van der Waals surface area contributed by atoms with E-state index < -0.39 is 42.6 Å². The van der Waals surface area contributed by atoms with Crippen molar-refractivity contribution in [2.24, 2.45) is 0 Å². The van der Waals surface area contributed by atoms with Crippen molar-refractivity contribution in [3.05, 3.63) is 59.2 Å². The zero-order valence-corrected chi connectivity index (χ0v) is 19.9. The number of rotatable bonds is 11. The molecule has 0 saturated carbocycles. The maximum Gasteiger partial charge on any atom is 0.407 e. The zero-order chi connectivity index (χ0) is 26.1. The van der Waals surface area contributed by atoms with Gasteiger partial charge >= 0.3 is 12.1 Å². The van der Waals surface area contributed by atoms with Gasteiger partial charge in [-0.15, -0.1) is 0 Å². The van der Waals surface area contributed by atoms with Crippen molar-refractivity contribution in [2.75, 3.05) is 31.6 Å². The fourth-order valence-electron chi connectivity index (χ4n) is 3.65. The number of aromatic nitrogens is 1. The van der Waals surface area contributed by atoms with Crippen molar-refractivity contribution in [2.45, 2.75) is 24.6 Å². The van der Waals surface area contributed by atoms with Crippen LogP contribution in [0.1, 0.15) is 16.8 Å². The summed E-state index contributed by atoms with van der Waals surface area (Å²) >= 11 is 5.96. The normalized spacial score (nSPS) is 17.8. The molecule has 1 aliphatic heterocycles. The number of carboxylic acids is 1. The predicted octanol–water partition coefficient (Wildman–Crippen LogP) is 1.28. The van der Waals surface area contributed by atoms with E-state index in [4.69, 9.17) is 16.3 Å². The van der Waals surface area contributed by atoms with Crippen LogP contribution in [0.5, 0.6) is 0 Å². The second-order valence-electron chi connectivity index (χ2n) is 8.00. The molecular formula is C23H26ClN5O7. The molecule has 12 nitrogen and oxygen atoms in total. The van der Waals surface area contributed by atoms with Gasteiger partial charge in [-0.05, 0) is 30.7 Å². The van der Waals surface area contributed by atoms with E-state index in [-0.39, 0.29) is 29.7 Å². The number of halogens is 1. The molecule has 13 heteroatoms. The number of amides is 3. The number of pyridine rings is 1. The lowest BCUT2D eigenvalue weighted by molar-refractivity contribution is -0.139. The number of anilines is 1. The third-order valence-electron chi connectivity index (χ3n) is 5.48. The van der Waals surface area contributed by atoms with E-state index in [1.54, 1.807) is 36.5 Å². The summed E-state index contributed by atoms with van der Waals surface area (Å²) in [5, 5.41) is 26.9. The second-order valence-corrected chi connectivity index (χ2v) is 8.41. The summed E-state index contributed by atoms with van der Waals surface area (Å²) in [6.07, 6.45) is 0.369. The highest BCUT2D eigenvalue weighted by Crippen LogP contribution is 2.21. The monoisotopic (exact) mass is 519 g/mol. The van der Waals surface area contributed by atoms with E-state index >= 15 is 0 Å². The standard InChI is InChI=1S/C23H26ClN5O7/c24-17-6-2-1-5-16(17)21(31)28-18(22(32)33)11-27-20(30)13-36-15-9-14(29(12-15)23(34)35)10-26-19-7-3-4-8-25-19/h1-8,14-15,18H,9-13H2,(H,25,26)(H,27,30)(H,28,31)(H,32,33)(H,34,35). The first-order valence-electron chi connectivity index (χ1n) is 11.1. The average molecular weight is 520 g/mol. The molecule has 192 valence electrons. The Bertz CT molecular complexity index is 1090. The lowest BCUT2D eigenvalue weighted by atomic mass is 10.2. The number of hydrogen-bond donors (Lipinski definition) is 5. The molecule has 1 saturated heterocycles.